The quantitative estimate of drug-likeness (QED) is 0.478. The predicted molar refractivity (Wildman–Crippen MR) is 92.7 cm³/mol. The number of nitrogens with one attached hydrogen (secondary N) is 2. The highest BCUT2D eigenvalue weighted by molar-refractivity contribution is 5.79. The SMILES string of the molecule is CN=C(NCCCOC)NCc1ccc2c(c1)CCCN2C. The fourth-order valence-electron chi connectivity index (χ4n) is 2.78. The summed E-state index contributed by atoms with van der Waals surface area (Å²) in [7, 11) is 5.69. The highest BCUT2D eigenvalue weighted by Crippen LogP contribution is 2.26. The zero-order valence-electron chi connectivity index (χ0n) is 14.0. The number of hydrogen-bond donors (Lipinski definition) is 2. The van der Waals surface area contributed by atoms with Gasteiger partial charge in [0.25, 0.3) is 0 Å². The van der Waals surface area contributed by atoms with Gasteiger partial charge in [-0.3, -0.25) is 4.99 Å². The molecular formula is C17H28N4O. The molecule has 0 aromatic heterocycles. The number of aliphatic imine (C=N–C) groups is 1. The molecule has 1 heterocycles. The molecule has 0 saturated heterocycles. The van der Waals surface area contributed by atoms with E-state index in [-0.39, 0.29) is 0 Å². The smallest absolute Gasteiger partial charge is 0.191 e. The topological polar surface area (TPSA) is 48.9 Å². The van der Waals surface area contributed by atoms with Crippen molar-refractivity contribution in [1.82, 2.24) is 10.6 Å². The second kappa shape index (κ2) is 8.63. The molecule has 1 aromatic carbocycles. The standard InChI is InChI=1S/C17H28N4O/c1-18-17(19-9-5-11-22-3)20-13-14-7-8-16-15(12-14)6-4-10-21(16)2/h7-8,12H,4-6,9-11,13H2,1-3H3,(H2,18,19,20). The molecule has 1 aromatic rings. The average molecular weight is 304 g/mol. The van der Waals surface area contributed by atoms with Crippen LogP contribution in [0.3, 0.4) is 0 Å². The van der Waals surface area contributed by atoms with Gasteiger partial charge >= 0.3 is 0 Å². The Kier molecular flexibility index (Phi) is 6.52. The number of anilines is 1. The number of nitrogens with zero attached hydrogens (tertiary/aromatic N) is 2. The summed E-state index contributed by atoms with van der Waals surface area (Å²) in [6, 6.07) is 6.75. The lowest BCUT2D eigenvalue weighted by Gasteiger charge is -2.28. The van der Waals surface area contributed by atoms with E-state index in [1.54, 1.807) is 14.2 Å². The molecule has 1 aliphatic heterocycles. The molecule has 22 heavy (non-hydrogen) atoms. The minimum absolute atomic E-state index is 0.766. The van der Waals surface area contributed by atoms with Crippen molar-refractivity contribution < 1.29 is 4.74 Å². The molecule has 2 rings (SSSR count). The van der Waals surface area contributed by atoms with Crippen LogP contribution in [0.15, 0.2) is 23.2 Å². The molecule has 0 spiro atoms. The fraction of sp³-hybridized carbons (Fsp3) is 0.588. The Bertz CT molecular complexity index is 501. The summed E-state index contributed by atoms with van der Waals surface area (Å²) in [6.45, 7) is 3.58. The van der Waals surface area contributed by atoms with Crippen molar-refractivity contribution in [2.24, 2.45) is 4.99 Å². The van der Waals surface area contributed by atoms with Crippen LogP contribution in [0.2, 0.25) is 0 Å². The second-order valence-electron chi connectivity index (χ2n) is 5.69. The van der Waals surface area contributed by atoms with Gasteiger partial charge in [0, 0.05) is 53.1 Å². The van der Waals surface area contributed by atoms with Gasteiger partial charge in [0.1, 0.15) is 0 Å². The van der Waals surface area contributed by atoms with E-state index in [4.69, 9.17) is 4.74 Å². The fourth-order valence-corrected chi connectivity index (χ4v) is 2.78. The largest absolute Gasteiger partial charge is 0.385 e. The van der Waals surface area contributed by atoms with Gasteiger partial charge in [0.15, 0.2) is 5.96 Å². The molecule has 0 aliphatic carbocycles. The van der Waals surface area contributed by atoms with Crippen molar-refractivity contribution in [3.8, 4) is 0 Å². The van der Waals surface area contributed by atoms with Crippen LogP contribution >= 0.6 is 0 Å². The molecule has 5 nitrogen and oxygen atoms in total. The third-order valence-electron chi connectivity index (χ3n) is 4.00. The molecule has 1 aliphatic rings. The number of rotatable bonds is 6. The van der Waals surface area contributed by atoms with Gasteiger partial charge in [-0.25, -0.2) is 0 Å². The lowest BCUT2D eigenvalue weighted by atomic mass is 9.99. The summed E-state index contributed by atoms with van der Waals surface area (Å²) in [4.78, 5) is 6.59. The van der Waals surface area contributed by atoms with Gasteiger partial charge in [-0.2, -0.15) is 0 Å². The van der Waals surface area contributed by atoms with E-state index >= 15 is 0 Å². The van der Waals surface area contributed by atoms with Crippen LogP contribution in [0.5, 0.6) is 0 Å². The first-order valence-electron chi connectivity index (χ1n) is 8.01. The average Bonchev–Trinajstić information content (AvgIpc) is 2.54. The summed E-state index contributed by atoms with van der Waals surface area (Å²) >= 11 is 0. The van der Waals surface area contributed by atoms with Gasteiger partial charge in [-0.1, -0.05) is 12.1 Å². The summed E-state index contributed by atoms with van der Waals surface area (Å²) in [5, 5.41) is 6.66. The van der Waals surface area contributed by atoms with Crippen molar-refractivity contribution in [2.45, 2.75) is 25.8 Å². The first kappa shape index (κ1) is 16.6. The van der Waals surface area contributed by atoms with Gasteiger partial charge in [0.05, 0.1) is 0 Å². The normalized spacial score (nSPS) is 14.7. The molecule has 0 saturated carbocycles. The van der Waals surface area contributed by atoms with E-state index in [0.717, 1.165) is 38.6 Å². The number of ether oxygens (including phenoxy) is 1. The first-order valence-corrected chi connectivity index (χ1v) is 8.01. The summed E-state index contributed by atoms with van der Waals surface area (Å²) in [5.74, 6) is 0.839. The van der Waals surface area contributed by atoms with Crippen LogP contribution in [0, 0.1) is 0 Å². The highest BCUT2D eigenvalue weighted by Gasteiger charge is 2.13. The molecule has 2 N–H and O–H groups in total. The van der Waals surface area contributed by atoms with Crippen molar-refractivity contribution in [3.63, 3.8) is 0 Å². The van der Waals surface area contributed by atoms with E-state index in [9.17, 15) is 0 Å². The predicted octanol–water partition coefficient (Wildman–Crippen LogP) is 1.77. The van der Waals surface area contributed by atoms with Crippen molar-refractivity contribution in [3.05, 3.63) is 29.3 Å². The van der Waals surface area contributed by atoms with E-state index in [1.807, 2.05) is 0 Å². The van der Waals surface area contributed by atoms with Crippen molar-refractivity contribution >= 4 is 11.6 Å². The molecule has 0 atom stereocenters. The van der Waals surface area contributed by atoms with Crippen LogP contribution in [-0.4, -0.2) is 46.9 Å². The van der Waals surface area contributed by atoms with Crippen LogP contribution < -0.4 is 15.5 Å². The zero-order valence-corrected chi connectivity index (χ0v) is 14.0. The maximum absolute atomic E-state index is 5.04. The number of benzene rings is 1. The maximum atomic E-state index is 5.04. The lowest BCUT2D eigenvalue weighted by Crippen LogP contribution is -2.37. The van der Waals surface area contributed by atoms with Gasteiger partial charge in [-0.15, -0.1) is 0 Å². The molecule has 0 radical (unpaired) electrons. The van der Waals surface area contributed by atoms with Crippen LogP contribution in [0.1, 0.15) is 24.0 Å². The van der Waals surface area contributed by atoms with E-state index in [1.165, 1.54) is 29.7 Å². The molecular weight excluding hydrogens is 276 g/mol. The highest BCUT2D eigenvalue weighted by atomic mass is 16.5. The van der Waals surface area contributed by atoms with Gasteiger partial charge < -0.3 is 20.3 Å². The minimum atomic E-state index is 0.766. The number of methoxy groups -OCH3 is 1. The zero-order chi connectivity index (χ0) is 15.8. The Morgan fingerprint density at radius 1 is 1.36 bits per heavy atom. The number of fused-ring (bicyclic) bond motifs is 1. The van der Waals surface area contributed by atoms with Gasteiger partial charge in [0.2, 0.25) is 0 Å². The molecule has 0 bridgehead atoms. The van der Waals surface area contributed by atoms with Gasteiger partial charge in [-0.05, 0) is 36.5 Å². The molecule has 0 fully saturated rings. The molecule has 5 heteroatoms. The van der Waals surface area contributed by atoms with Crippen LogP contribution in [0.25, 0.3) is 0 Å². The number of guanidine groups is 1. The van der Waals surface area contributed by atoms with Crippen LogP contribution in [0.4, 0.5) is 5.69 Å². The third kappa shape index (κ3) is 4.63. The van der Waals surface area contributed by atoms with Crippen molar-refractivity contribution in [2.75, 3.05) is 45.8 Å². The molecule has 0 amide bonds. The number of hydrogen-bond acceptors (Lipinski definition) is 3. The summed E-state index contributed by atoms with van der Waals surface area (Å²) in [6.07, 6.45) is 3.39. The van der Waals surface area contributed by atoms with E-state index in [0.29, 0.717) is 0 Å². The molecule has 122 valence electrons. The summed E-state index contributed by atoms with van der Waals surface area (Å²) < 4.78 is 5.04. The molecule has 0 unspecified atom stereocenters. The minimum Gasteiger partial charge on any atom is -0.385 e. The Balaban J connectivity index is 1.85. The maximum Gasteiger partial charge on any atom is 0.191 e. The Labute approximate surface area is 133 Å². The van der Waals surface area contributed by atoms with Crippen molar-refractivity contribution in [1.29, 1.82) is 0 Å². The first-order chi connectivity index (χ1) is 10.7. The third-order valence-corrected chi connectivity index (χ3v) is 4.00. The second-order valence-corrected chi connectivity index (χ2v) is 5.69. The Morgan fingerprint density at radius 2 is 2.23 bits per heavy atom. The van der Waals surface area contributed by atoms with E-state index < -0.39 is 0 Å². The summed E-state index contributed by atoms with van der Waals surface area (Å²) in [5.41, 5.74) is 4.13. The Hall–Kier alpha value is -1.75. The van der Waals surface area contributed by atoms with E-state index in [2.05, 4.69) is 45.8 Å². The number of aryl methyl sites for hydroxylation is 1. The Morgan fingerprint density at radius 3 is 3.00 bits per heavy atom. The monoisotopic (exact) mass is 304 g/mol. The van der Waals surface area contributed by atoms with Crippen LogP contribution in [-0.2, 0) is 17.7 Å². The lowest BCUT2D eigenvalue weighted by molar-refractivity contribution is 0.195.